The van der Waals surface area contributed by atoms with Crippen LogP contribution in [0.4, 0.5) is 0 Å². The third-order valence-corrected chi connectivity index (χ3v) is 8.16. The van der Waals surface area contributed by atoms with Gasteiger partial charge < -0.3 is 10.5 Å². The number of hydroxylamine groups is 1. The molecular formula is C37H32N2O4. The number of nitrogens with one attached hydrogen (secondary N) is 1. The summed E-state index contributed by atoms with van der Waals surface area (Å²) >= 11 is 0. The van der Waals surface area contributed by atoms with Gasteiger partial charge in [-0.15, -0.1) is 0 Å². The minimum atomic E-state index is -1.16. The lowest BCUT2D eigenvalue weighted by Crippen LogP contribution is -2.42. The molecule has 0 unspecified atom stereocenters. The first-order chi connectivity index (χ1) is 21.0. The summed E-state index contributed by atoms with van der Waals surface area (Å²) in [5.41, 5.74) is 10.6. The Balaban J connectivity index is 1.28. The fraction of sp³-hybridized carbons (Fsp3) is 0.135. The predicted molar refractivity (Wildman–Crippen MR) is 165 cm³/mol. The van der Waals surface area contributed by atoms with Crippen molar-refractivity contribution in [3.63, 3.8) is 0 Å². The highest BCUT2D eigenvalue weighted by atomic mass is 16.7. The average Bonchev–Trinajstić information content (AvgIpc) is 3.84. The van der Waals surface area contributed by atoms with Crippen LogP contribution in [0.3, 0.4) is 0 Å². The van der Waals surface area contributed by atoms with Crippen LogP contribution in [0.5, 0.6) is 5.75 Å². The topological polar surface area (TPSA) is 90.7 Å². The molecule has 2 amide bonds. The number of carbonyl (C=O) groups excluding carboxylic acids is 2. The number of hydrogen-bond acceptors (Lipinski definition) is 4. The van der Waals surface area contributed by atoms with E-state index in [4.69, 9.17) is 15.3 Å². The molecule has 0 aliphatic heterocycles. The first kappa shape index (κ1) is 27.9. The summed E-state index contributed by atoms with van der Waals surface area (Å²) in [5, 5.41) is 0. The van der Waals surface area contributed by atoms with Crippen molar-refractivity contribution in [2.24, 2.45) is 11.7 Å². The number of ether oxygens (including phenoxy) is 1. The Labute approximate surface area is 251 Å². The molecule has 1 aliphatic rings. The van der Waals surface area contributed by atoms with Gasteiger partial charge in [0.15, 0.2) is 5.60 Å². The molecule has 3 N–H and O–H groups in total. The van der Waals surface area contributed by atoms with Gasteiger partial charge in [0.1, 0.15) is 12.4 Å². The fourth-order valence-corrected chi connectivity index (χ4v) is 5.81. The van der Waals surface area contributed by atoms with Crippen LogP contribution in [0.2, 0.25) is 0 Å². The molecule has 0 spiro atoms. The summed E-state index contributed by atoms with van der Waals surface area (Å²) in [7, 11) is 0. The normalized spacial score (nSPS) is 17.5. The summed E-state index contributed by atoms with van der Waals surface area (Å²) in [4.78, 5) is 33.2. The first-order valence-corrected chi connectivity index (χ1v) is 14.3. The minimum Gasteiger partial charge on any atom is -0.489 e. The quantitative estimate of drug-likeness (QED) is 0.150. The van der Waals surface area contributed by atoms with Crippen LogP contribution in [0.15, 0.2) is 146 Å². The molecule has 43 heavy (non-hydrogen) atoms. The predicted octanol–water partition coefficient (Wildman–Crippen LogP) is 6.05. The number of hydrogen-bond donors (Lipinski definition) is 2. The third-order valence-electron chi connectivity index (χ3n) is 8.16. The van der Waals surface area contributed by atoms with Gasteiger partial charge in [-0.05, 0) is 46.4 Å². The molecule has 0 saturated heterocycles. The van der Waals surface area contributed by atoms with E-state index in [1.165, 1.54) is 0 Å². The fourth-order valence-electron chi connectivity index (χ4n) is 5.81. The van der Waals surface area contributed by atoms with Crippen molar-refractivity contribution in [1.29, 1.82) is 0 Å². The van der Waals surface area contributed by atoms with Crippen molar-refractivity contribution in [3.8, 4) is 5.75 Å². The second kappa shape index (κ2) is 12.0. The van der Waals surface area contributed by atoms with E-state index in [-0.39, 0.29) is 6.42 Å². The van der Waals surface area contributed by atoms with E-state index in [2.05, 4.69) is 5.48 Å². The molecule has 6 nitrogen and oxygen atoms in total. The Hall–Kier alpha value is -5.20. The van der Waals surface area contributed by atoms with Crippen LogP contribution in [-0.4, -0.2) is 11.8 Å². The highest BCUT2D eigenvalue weighted by Gasteiger charge is 2.64. The minimum absolute atomic E-state index is 0.272. The Morgan fingerprint density at radius 2 is 1.23 bits per heavy atom. The van der Waals surface area contributed by atoms with Gasteiger partial charge in [-0.1, -0.05) is 133 Å². The van der Waals surface area contributed by atoms with Gasteiger partial charge in [0, 0.05) is 0 Å². The number of primary amides is 1. The molecule has 5 aromatic rings. The van der Waals surface area contributed by atoms with E-state index in [0.717, 1.165) is 22.3 Å². The van der Waals surface area contributed by atoms with Crippen molar-refractivity contribution >= 4 is 11.8 Å². The highest BCUT2D eigenvalue weighted by Crippen LogP contribution is 2.55. The van der Waals surface area contributed by atoms with Gasteiger partial charge in [0.2, 0.25) is 11.8 Å². The highest BCUT2D eigenvalue weighted by molar-refractivity contribution is 5.99. The smallest absolute Gasteiger partial charge is 0.248 e. The van der Waals surface area contributed by atoms with Crippen LogP contribution < -0.4 is 16.0 Å². The number of rotatable bonds is 11. The SMILES string of the molecule is NC(=O)[C@@]1(c2cccc(OCc3ccccc3)c2)C[C@@H]1C(=O)NOC(c1ccccc1)(c1ccccc1)c1ccccc1. The van der Waals surface area contributed by atoms with Gasteiger partial charge in [-0.3, -0.25) is 14.4 Å². The zero-order valence-electron chi connectivity index (χ0n) is 23.6. The molecular weight excluding hydrogens is 536 g/mol. The Kier molecular flexibility index (Phi) is 7.77. The second-order valence-electron chi connectivity index (χ2n) is 10.7. The van der Waals surface area contributed by atoms with Gasteiger partial charge in [0.05, 0.1) is 11.3 Å². The van der Waals surface area contributed by atoms with Gasteiger partial charge in [0.25, 0.3) is 0 Å². The molecule has 0 aromatic heterocycles. The zero-order valence-corrected chi connectivity index (χ0v) is 23.6. The monoisotopic (exact) mass is 568 g/mol. The number of benzene rings is 5. The zero-order chi connectivity index (χ0) is 29.7. The van der Waals surface area contributed by atoms with Crippen LogP contribution in [0, 0.1) is 5.92 Å². The average molecular weight is 569 g/mol. The van der Waals surface area contributed by atoms with Gasteiger partial charge in [-0.25, -0.2) is 5.48 Å². The van der Waals surface area contributed by atoms with Crippen LogP contribution in [-0.2, 0) is 32.0 Å². The molecule has 6 heteroatoms. The largest absolute Gasteiger partial charge is 0.489 e. The van der Waals surface area contributed by atoms with Gasteiger partial charge >= 0.3 is 0 Å². The summed E-state index contributed by atoms with van der Waals surface area (Å²) in [6, 6.07) is 46.3. The number of nitrogens with two attached hydrogens (primary N) is 1. The maximum Gasteiger partial charge on any atom is 0.248 e. The lowest BCUT2D eigenvalue weighted by molar-refractivity contribution is -0.146. The van der Waals surface area contributed by atoms with Crippen molar-refractivity contribution in [2.45, 2.75) is 24.0 Å². The molecule has 1 saturated carbocycles. The van der Waals surface area contributed by atoms with Crippen molar-refractivity contribution < 1.29 is 19.2 Å². The van der Waals surface area contributed by atoms with E-state index in [9.17, 15) is 9.59 Å². The Morgan fingerprint density at radius 3 is 1.74 bits per heavy atom. The van der Waals surface area contributed by atoms with Crippen molar-refractivity contribution in [3.05, 3.63) is 173 Å². The molecule has 0 bridgehead atoms. The lowest BCUT2D eigenvalue weighted by Gasteiger charge is -2.35. The van der Waals surface area contributed by atoms with E-state index in [1.54, 1.807) is 6.07 Å². The summed E-state index contributed by atoms with van der Waals surface area (Å²) in [6.07, 6.45) is 0.272. The first-order valence-electron chi connectivity index (χ1n) is 14.3. The van der Waals surface area contributed by atoms with E-state index in [0.29, 0.717) is 17.9 Å². The molecule has 0 heterocycles. The third kappa shape index (κ3) is 5.41. The van der Waals surface area contributed by atoms with Crippen molar-refractivity contribution in [2.75, 3.05) is 0 Å². The van der Waals surface area contributed by atoms with Crippen LogP contribution in [0.25, 0.3) is 0 Å². The molecule has 1 aliphatic carbocycles. The molecule has 1 fully saturated rings. The Morgan fingerprint density at radius 1 is 0.721 bits per heavy atom. The summed E-state index contributed by atoms with van der Waals surface area (Å²) < 4.78 is 5.99. The van der Waals surface area contributed by atoms with Crippen LogP contribution in [0.1, 0.15) is 34.2 Å². The standard InChI is InChI=1S/C37H32N2O4/c38-35(41)36(31-22-13-23-32(24-31)42-26-27-14-5-1-6-15-27)25-33(36)34(40)39-43-37(28-16-7-2-8-17-28,29-18-9-3-10-19-29)30-20-11-4-12-21-30/h1-24,33H,25-26H2,(H2,38,41)(H,39,40)/t33-,36-/m1/s1. The molecule has 6 rings (SSSR count). The summed E-state index contributed by atoms with van der Waals surface area (Å²) in [6.45, 7) is 0.381. The van der Waals surface area contributed by atoms with Crippen molar-refractivity contribution in [1.82, 2.24) is 5.48 Å². The maximum atomic E-state index is 13.8. The molecule has 0 radical (unpaired) electrons. The van der Waals surface area contributed by atoms with E-state index in [1.807, 2.05) is 140 Å². The van der Waals surface area contributed by atoms with E-state index < -0.39 is 28.7 Å². The van der Waals surface area contributed by atoms with Crippen LogP contribution >= 0.6 is 0 Å². The molecule has 214 valence electrons. The maximum absolute atomic E-state index is 13.8. The molecule has 5 aromatic carbocycles. The number of carbonyl (C=O) groups is 2. The van der Waals surface area contributed by atoms with E-state index >= 15 is 0 Å². The number of amides is 2. The van der Waals surface area contributed by atoms with Gasteiger partial charge in [-0.2, -0.15) is 0 Å². The summed E-state index contributed by atoms with van der Waals surface area (Å²) in [5.74, 6) is -1.08. The second-order valence-corrected chi connectivity index (χ2v) is 10.7. The lowest BCUT2D eigenvalue weighted by atomic mass is 9.80. The Bertz CT molecular complexity index is 1600. The molecule has 2 atom stereocenters.